The number of benzene rings is 1. The first kappa shape index (κ1) is 16.2. The minimum Gasteiger partial charge on any atom is -0.316 e. The minimum atomic E-state index is -3.72. The number of H-pyrrole nitrogens is 2. The molecule has 9 heteroatoms. The lowest BCUT2D eigenvalue weighted by atomic mass is 10.0. The molecule has 1 aromatic carbocycles. The lowest BCUT2D eigenvalue weighted by Gasteiger charge is -2.32. The Bertz CT molecular complexity index is 1190. The molecule has 3 aromatic rings. The Kier molecular flexibility index (Phi) is 3.67. The van der Waals surface area contributed by atoms with E-state index >= 15 is 0 Å². The Balaban J connectivity index is 1.81. The van der Waals surface area contributed by atoms with Gasteiger partial charge in [-0.3, -0.25) is 9.59 Å². The Morgan fingerprint density at radius 3 is 2.60 bits per heavy atom. The zero-order valence-corrected chi connectivity index (χ0v) is 14.9. The van der Waals surface area contributed by atoms with Crippen molar-refractivity contribution >= 4 is 32.4 Å². The quantitative estimate of drug-likeness (QED) is 0.662. The summed E-state index contributed by atoms with van der Waals surface area (Å²) >= 11 is 1.65. The van der Waals surface area contributed by atoms with Crippen LogP contribution in [0.2, 0.25) is 0 Å². The molecule has 1 atom stereocenters. The largest absolute Gasteiger partial charge is 0.316 e. The number of rotatable bonds is 2. The van der Waals surface area contributed by atoms with Crippen molar-refractivity contribution in [2.75, 3.05) is 6.54 Å². The van der Waals surface area contributed by atoms with E-state index in [0.717, 1.165) is 5.56 Å². The zero-order chi connectivity index (χ0) is 17.8. The fraction of sp³-hybridized carbons (Fsp3) is 0.250. The molecule has 2 aromatic heterocycles. The van der Waals surface area contributed by atoms with Crippen molar-refractivity contribution in [1.82, 2.24) is 14.3 Å². The van der Waals surface area contributed by atoms with E-state index < -0.39 is 21.1 Å². The molecule has 1 aliphatic rings. The van der Waals surface area contributed by atoms with Crippen LogP contribution in [0.5, 0.6) is 0 Å². The van der Waals surface area contributed by atoms with E-state index in [4.69, 9.17) is 0 Å². The number of sulfonamides is 1. The predicted octanol–water partition coefficient (Wildman–Crippen LogP) is 1.59. The van der Waals surface area contributed by atoms with Crippen LogP contribution >= 0.6 is 11.3 Å². The number of nitrogens with one attached hydrogen (secondary N) is 2. The van der Waals surface area contributed by atoms with Gasteiger partial charge in [-0.15, -0.1) is 11.3 Å². The Morgan fingerprint density at radius 2 is 1.84 bits per heavy atom. The van der Waals surface area contributed by atoms with Gasteiger partial charge in [0.25, 0.3) is 0 Å². The van der Waals surface area contributed by atoms with Crippen LogP contribution < -0.4 is 11.1 Å². The molecule has 7 nitrogen and oxygen atoms in total. The smallest absolute Gasteiger partial charge is 0.314 e. The van der Waals surface area contributed by atoms with Crippen LogP contribution in [0.3, 0.4) is 0 Å². The molecule has 0 fully saturated rings. The van der Waals surface area contributed by atoms with Crippen molar-refractivity contribution in [3.8, 4) is 0 Å². The highest BCUT2D eigenvalue weighted by molar-refractivity contribution is 7.89. The Hall–Kier alpha value is -2.23. The first-order valence-electron chi connectivity index (χ1n) is 7.72. The van der Waals surface area contributed by atoms with E-state index in [1.165, 1.54) is 27.4 Å². The van der Waals surface area contributed by atoms with Gasteiger partial charge in [-0.1, -0.05) is 0 Å². The number of aromatic amines is 2. The second-order valence-electron chi connectivity index (χ2n) is 5.96. The summed E-state index contributed by atoms with van der Waals surface area (Å²) in [6.45, 7) is 2.29. The molecular weight excluding hydrogens is 362 g/mol. The van der Waals surface area contributed by atoms with Crippen LogP contribution in [0.1, 0.15) is 23.4 Å². The van der Waals surface area contributed by atoms with E-state index in [0.29, 0.717) is 18.5 Å². The van der Waals surface area contributed by atoms with Crippen LogP contribution in [0, 0.1) is 0 Å². The molecule has 3 heterocycles. The summed E-state index contributed by atoms with van der Waals surface area (Å²) < 4.78 is 27.7. The maximum atomic E-state index is 13.1. The molecule has 0 radical (unpaired) electrons. The zero-order valence-electron chi connectivity index (χ0n) is 13.3. The van der Waals surface area contributed by atoms with E-state index in [2.05, 4.69) is 9.97 Å². The lowest BCUT2D eigenvalue weighted by molar-refractivity contribution is 0.329. The molecule has 1 aliphatic heterocycles. The van der Waals surface area contributed by atoms with E-state index in [1.54, 1.807) is 11.3 Å². The molecular formula is C16H15N3O4S2. The second-order valence-corrected chi connectivity index (χ2v) is 8.85. The van der Waals surface area contributed by atoms with Gasteiger partial charge in [-0.05, 0) is 48.6 Å². The van der Waals surface area contributed by atoms with E-state index in [9.17, 15) is 18.0 Å². The number of aromatic nitrogens is 2. The third-order valence-corrected chi connectivity index (χ3v) is 7.48. The molecule has 4 rings (SSSR count). The standard InChI is InChI=1S/C16H15N3O4S2/c1-9-11-5-7-24-14(11)4-6-19(9)25(22,23)10-2-3-12-13(8-10)18-16(21)15(20)17-12/h2-3,5,7-9H,4,6H2,1H3,(H,17,20)(H,18,21). The SMILES string of the molecule is CC1c2ccsc2CCN1S(=O)(=O)c1ccc2[nH]c(=O)c(=O)[nH]c2c1. The van der Waals surface area contributed by atoms with Gasteiger partial charge < -0.3 is 9.97 Å². The van der Waals surface area contributed by atoms with Crippen molar-refractivity contribution in [3.63, 3.8) is 0 Å². The molecule has 130 valence electrons. The van der Waals surface area contributed by atoms with E-state index in [-0.39, 0.29) is 16.5 Å². The first-order chi connectivity index (χ1) is 11.9. The van der Waals surface area contributed by atoms with Gasteiger partial charge in [0.1, 0.15) is 0 Å². The molecule has 2 N–H and O–H groups in total. The molecule has 1 unspecified atom stereocenters. The third-order valence-electron chi connectivity index (χ3n) is 4.52. The molecule has 25 heavy (non-hydrogen) atoms. The maximum Gasteiger partial charge on any atom is 0.314 e. The molecule has 0 saturated heterocycles. The van der Waals surface area contributed by atoms with Crippen molar-refractivity contribution < 1.29 is 8.42 Å². The normalized spacial score (nSPS) is 18.4. The van der Waals surface area contributed by atoms with E-state index in [1.807, 2.05) is 18.4 Å². The van der Waals surface area contributed by atoms with Crippen LogP contribution in [0.25, 0.3) is 11.0 Å². The first-order valence-corrected chi connectivity index (χ1v) is 10.0. The molecule has 0 spiro atoms. The number of thiophene rings is 1. The highest BCUT2D eigenvalue weighted by Crippen LogP contribution is 2.36. The highest BCUT2D eigenvalue weighted by Gasteiger charge is 2.34. The summed E-state index contributed by atoms with van der Waals surface area (Å²) in [5.74, 6) is 0. The van der Waals surface area contributed by atoms with Gasteiger partial charge in [-0.25, -0.2) is 8.42 Å². The number of fused-ring (bicyclic) bond motifs is 2. The fourth-order valence-corrected chi connectivity index (χ4v) is 5.81. The molecule has 0 aliphatic carbocycles. The topological polar surface area (TPSA) is 103 Å². The second kappa shape index (κ2) is 5.65. The summed E-state index contributed by atoms with van der Waals surface area (Å²) in [4.78, 5) is 29.0. The van der Waals surface area contributed by atoms with Gasteiger partial charge >= 0.3 is 11.1 Å². The molecule has 0 saturated carbocycles. The van der Waals surface area contributed by atoms with Crippen LogP contribution in [0.15, 0.2) is 44.1 Å². The lowest BCUT2D eigenvalue weighted by Crippen LogP contribution is -2.38. The fourth-order valence-electron chi connectivity index (χ4n) is 3.20. The van der Waals surface area contributed by atoms with Crippen LogP contribution in [0.4, 0.5) is 0 Å². The van der Waals surface area contributed by atoms with Crippen LogP contribution in [-0.2, 0) is 16.4 Å². The monoisotopic (exact) mass is 377 g/mol. The number of hydrogen-bond acceptors (Lipinski definition) is 5. The van der Waals surface area contributed by atoms with Gasteiger partial charge in [-0.2, -0.15) is 4.31 Å². The predicted molar refractivity (Wildman–Crippen MR) is 95.5 cm³/mol. The van der Waals surface area contributed by atoms with Crippen molar-refractivity contribution in [2.24, 2.45) is 0 Å². The van der Waals surface area contributed by atoms with Crippen molar-refractivity contribution in [3.05, 3.63) is 60.8 Å². The average molecular weight is 377 g/mol. The van der Waals surface area contributed by atoms with Gasteiger partial charge in [0.2, 0.25) is 10.0 Å². The highest BCUT2D eigenvalue weighted by atomic mass is 32.2. The summed E-state index contributed by atoms with van der Waals surface area (Å²) in [7, 11) is -3.72. The number of hydrogen-bond donors (Lipinski definition) is 2. The van der Waals surface area contributed by atoms with Gasteiger partial charge in [0.15, 0.2) is 0 Å². The average Bonchev–Trinajstić information content (AvgIpc) is 3.05. The summed E-state index contributed by atoms with van der Waals surface area (Å²) in [6, 6.07) is 6.05. The maximum absolute atomic E-state index is 13.1. The van der Waals surface area contributed by atoms with Crippen molar-refractivity contribution in [1.29, 1.82) is 0 Å². The third kappa shape index (κ3) is 2.55. The number of nitrogens with zero attached hydrogens (tertiary/aromatic N) is 1. The molecule has 0 bridgehead atoms. The molecule has 0 amide bonds. The summed E-state index contributed by atoms with van der Waals surface area (Å²) in [6.07, 6.45) is 0.689. The Morgan fingerprint density at radius 1 is 1.12 bits per heavy atom. The van der Waals surface area contributed by atoms with Crippen molar-refractivity contribution in [2.45, 2.75) is 24.3 Å². The van der Waals surface area contributed by atoms with Gasteiger partial charge in [0, 0.05) is 17.5 Å². The van der Waals surface area contributed by atoms with Gasteiger partial charge in [0.05, 0.1) is 15.9 Å². The van der Waals surface area contributed by atoms with Crippen LogP contribution in [-0.4, -0.2) is 29.2 Å². The Labute approximate surface area is 147 Å². The minimum absolute atomic E-state index is 0.0910. The summed E-state index contributed by atoms with van der Waals surface area (Å²) in [5, 5.41) is 1.98. The summed E-state index contributed by atoms with van der Waals surface area (Å²) in [5.41, 5.74) is 0.134.